The van der Waals surface area contributed by atoms with Gasteiger partial charge in [0.25, 0.3) is 0 Å². The molecule has 0 saturated carbocycles. The highest BCUT2D eigenvalue weighted by atomic mass is 16.5. The number of ether oxygens (including phenoxy) is 1. The number of aliphatic carboxylic acids is 1. The molecule has 0 aliphatic rings. The first kappa shape index (κ1) is 10.5. The Morgan fingerprint density at radius 1 is 1.57 bits per heavy atom. The van der Waals surface area contributed by atoms with Crippen molar-refractivity contribution in [2.45, 2.75) is 19.8 Å². The number of rotatable bonds is 5. The predicted octanol–water partition coefficient (Wildman–Crippen LogP) is 1.63. The zero-order valence-corrected chi connectivity index (χ0v) is 8.06. The summed E-state index contributed by atoms with van der Waals surface area (Å²) >= 11 is 0. The Kier molecular flexibility index (Phi) is 3.91. The molecule has 1 heterocycles. The minimum atomic E-state index is -0.796. The first-order valence-electron chi connectivity index (χ1n) is 4.46. The van der Waals surface area contributed by atoms with Gasteiger partial charge >= 0.3 is 5.97 Å². The van der Waals surface area contributed by atoms with Crippen LogP contribution in [0.3, 0.4) is 0 Å². The smallest absolute Gasteiger partial charge is 0.303 e. The Morgan fingerprint density at radius 2 is 2.36 bits per heavy atom. The fraction of sp³-hybridized carbons (Fsp3) is 0.400. The summed E-state index contributed by atoms with van der Waals surface area (Å²) in [6, 6.07) is 3.68. The Bertz CT molecular complexity index is 295. The Hall–Kier alpha value is -1.58. The van der Waals surface area contributed by atoms with Gasteiger partial charge in [-0.2, -0.15) is 0 Å². The lowest BCUT2D eigenvalue weighted by molar-refractivity contribution is -0.137. The molecule has 4 nitrogen and oxygen atoms in total. The first-order chi connectivity index (χ1) is 6.68. The Morgan fingerprint density at radius 3 is 2.93 bits per heavy atom. The van der Waals surface area contributed by atoms with E-state index in [1.54, 1.807) is 6.20 Å². The van der Waals surface area contributed by atoms with Crippen LogP contribution in [0.1, 0.15) is 18.5 Å². The van der Waals surface area contributed by atoms with Gasteiger partial charge in [-0.25, -0.2) is 0 Å². The quantitative estimate of drug-likeness (QED) is 0.725. The Labute approximate surface area is 82.5 Å². The van der Waals surface area contributed by atoms with Crippen molar-refractivity contribution in [1.82, 2.24) is 4.98 Å². The van der Waals surface area contributed by atoms with Crippen molar-refractivity contribution in [2.24, 2.45) is 0 Å². The average molecular weight is 195 g/mol. The van der Waals surface area contributed by atoms with Crippen LogP contribution in [0.5, 0.6) is 5.75 Å². The molecule has 0 saturated heterocycles. The summed E-state index contributed by atoms with van der Waals surface area (Å²) in [5.41, 5.74) is 0.933. The number of aryl methyl sites for hydroxylation is 1. The average Bonchev–Trinajstić information content (AvgIpc) is 2.15. The van der Waals surface area contributed by atoms with Crippen LogP contribution in [0.15, 0.2) is 18.3 Å². The molecule has 14 heavy (non-hydrogen) atoms. The largest absolute Gasteiger partial charge is 0.492 e. The molecule has 0 unspecified atom stereocenters. The minimum absolute atomic E-state index is 0.138. The maximum absolute atomic E-state index is 10.2. The van der Waals surface area contributed by atoms with E-state index in [4.69, 9.17) is 9.84 Å². The van der Waals surface area contributed by atoms with Crippen LogP contribution in [-0.2, 0) is 4.79 Å². The molecular formula is C10H13NO3. The standard InChI is InChI=1S/C10H13NO3/c1-8-4-5-9(7-11-8)14-6-2-3-10(12)13/h4-5,7H,2-3,6H2,1H3,(H,12,13). The summed E-state index contributed by atoms with van der Waals surface area (Å²) in [5.74, 6) is -0.114. The van der Waals surface area contributed by atoms with Gasteiger partial charge in [-0.1, -0.05) is 0 Å². The number of carbonyl (C=O) groups is 1. The van der Waals surface area contributed by atoms with Crippen molar-refractivity contribution in [3.63, 3.8) is 0 Å². The van der Waals surface area contributed by atoms with E-state index in [-0.39, 0.29) is 6.42 Å². The van der Waals surface area contributed by atoms with Gasteiger partial charge in [0.2, 0.25) is 0 Å². The van der Waals surface area contributed by atoms with Gasteiger partial charge in [-0.05, 0) is 25.5 Å². The van der Waals surface area contributed by atoms with Crippen LogP contribution in [0.4, 0.5) is 0 Å². The molecule has 1 rings (SSSR count). The molecule has 0 aliphatic heterocycles. The molecule has 0 spiro atoms. The second-order valence-corrected chi connectivity index (χ2v) is 2.98. The number of nitrogens with zero attached hydrogens (tertiary/aromatic N) is 1. The van der Waals surface area contributed by atoms with Crippen molar-refractivity contribution in [3.05, 3.63) is 24.0 Å². The van der Waals surface area contributed by atoms with E-state index in [9.17, 15) is 4.79 Å². The minimum Gasteiger partial charge on any atom is -0.492 e. The highest BCUT2D eigenvalue weighted by Crippen LogP contribution is 2.08. The number of carboxylic acid groups (broad SMARTS) is 1. The molecular weight excluding hydrogens is 182 g/mol. The van der Waals surface area contributed by atoms with Crippen LogP contribution >= 0.6 is 0 Å². The normalized spacial score (nSPS) is 9.79. The Balaban J connectivity index is 2.25. The highest BCUT2D eigenvalue weighted by Gasteiger charge is 1.97. The molecule has 0 amide bonds. The molecule has 0 bridgehead atoms. The van der Waals surface area contributed by atoms with Crippen LogP contribution in [0, 0.1) is 6.92 Å². The van der Waals surface area contributed by atoms with Gasteiger partial charge in [0.15, 0.2) is 0 Å². The van der Waals surface area contributed by atoms with Crippen molar-refractivity contribution in [2.75, 3.05) is 6.61 Å². The zero-order valence-electron chi connectivity index (χ0n) is 8.06. The molecule has 1 N–H and O–H groups in total. The van der Waals surface area contributed by atoms with Crippen molar-refractivity contribution in [3.8, 4) is 5.75 Å². The number of pyridine rings is 1. The monoisotopic (exact) mass is 195 g/mol. The van der Waals surface area contributed by atoms with E-state index < -0.39 is 5.97 Å². The summed E-state index contributed by atoms with van der Waals surface area (Å²) in [6.45, 7) is 2.31. The molecule has 4 heteroatoms. The van der Waals surface area contributed by atoms with Crippen LogP contribution in [0.2, 0.25) is 0 Å². The molecule has 0 fully saturated rings. The van der Waals surface area contributed by atoms with Crippen molar-refractivity contribution >= 4 is 5.97 Å². The van der Waals surface area contributed by atoms with E-state index >= 15 is 0 Å². The molecule has 0 aliphatic carbocycles. The van der Waals surface area contributed by atoms with Crippen LogP contribution in [-0.4, -0.2) is 22.7 Å². The van der Waals surface area contributed by atoms with Crippen LogP contribution in [0.25, 0.3) is 0 Å². The predicted molar refractivity (Wildman–Crippen MR) is 51.3 cm³/mol. The molecule has 0 atom stereocenters. The maximum atomic E-state index is 10.2. The molecule has 1 aromatic rings. The maximum Gasteiger partial charge on any atom is 0.303 e. The fourth-order valence-corrected chi connectivity index (χ4v) is 0.953. The molecule has 1 aromatic heterocycles. The third kappa shape index (κ3) is 3.89. The summed E-state index contributed by atoms with van der Waals surface area (Å²) in [6.07, 6.45) is 2.29. The SMILES string of the molecule is Cc1ccc(OCCCC(=O)O)cn1. The van der Waals surface area contributed by atoms with Crippen LogP contribution < -0.4 is 4.74 Å². The third-order valence-corrected chi connectivity index (χ3v) is 1.69. The number of carboxylic acids is 1. The summed E-state index contributed by atoms with van der Waals surface area (Å²) in [5, 5.41) is 8.38. The summed E-state index contributed by atoms with van der Waals surface area (Å²) in [7, 11) is 0. The number of hydrogen-bond acceptors (Lipinski definition) is 3. The van der Waals surface area contributed by atoms with Gasteiger partial charge in [-0.3, -0.25) is 9.78 Å². The fourth-order valence-electron chi connectivity index (χ4n) is 0.953. The topological polar surface area (TPSA) is 59.4 Å². The van der Waals surface area contributed by atoms with Gasteiger partial charge in [0.05, 0.1) is 12.8 Å². The van der Waals surface area contributed by atoms with E-state index in [2.05, 4.69) is 4.98 Å². The van der Waals surface area contributed by atoms with Gasteiger partial charge in [0.1, 0.15) is 5.75 Å². The lowest BCUT2D eigenvalue weighted by Crippen LogP contribution is -2.02. The summed E-state index contributed by atoms with van der Waals surface area (Å²) in [4.78, 5) is 14.2. The lowest BCUT2D eigenvalue weighted by Gasteiger charge is -2.04. The van der Waals surface area contributed by atoms with Gasteiger partial charge < -0.3 is 9.84 Å². The molecule has 0 aromatic carbocycles. The zero-order chi connectivity index (χ0) is 10.4. The molecule has 76 valence electrons. The lowest BCUT2D eigenvalue weighted by atomic mass is 10.3. The van der Waals surface area contributed by atoms with Gasteiger partial charge in [-0.15, -0.1) is 0 Å². The second kappa shape index (κ2) is 5.21. The number of hydrogen-bond donors (Lipinski definition) is 1. The third-order valence-electron chi connectivity index (χ3n) is 1.69. The highest BCUT2D eigenvalue weighted by molar-refractivity contribution is 5.66. The van der Waals surface area contributed by atoms with E-state index in [1.807, 2.05) is 19.1 Å². The summed E-state index contributed by atoms with van der Waals surface area (Å²) < 4.78 is 5.29. The van der Waals surface area contributed by atoms with E-state index in [0.717, 1.165) is 5.69 Å². The van der Waals surface area contributed by atoms with Crippen molar-refractivity contribution < 1.29 is 14.6 Å². The van der Waals surface area contributed by atoms with E-state index in [0.29, 0.717) is 18.8 Å². The molecule has 0 radical (unpaired) electrons. The first-order valence-corrected chi connectivity index (χ1v) is 4.46. The number of aromatic nitrogens is 1. The van der Waals surface area contributed by atoms with E-state index in [1.165, 1.54) is 0 Å². The second-order valence-electron chi connectivity index (χ2n) is 2.98. The van der Waals surface area contributed by atoms with Crippen molar-refractivity contribution in [1.29, 1.82) is 0 Å². The van der Waals surface area contributed by atoms with Gasteiger partial charge in [0, 0.05) is 12.1 Å².